The topological polar surface area (TPSA) is 53.1 Å². The van der Waals surface area contributed by atoms with Crippen molar-refractivity contribution in [1.82, 2.24) is 14.9 Å². The fourth-order valence-electron chi connectivity index (χ4n) is 3.24. The zero-order chi connectivity index (χ0) is 18.4. The highest BCUT2D eigenvalue weighted by Gasteiger charge is 2.22. The van der Waals surface area contributed by atoms with Gasteiger partial charge in [0.15, 0.2) is 0 Å². The van der Waals surface area contributed by atoms with Crippen molar-refractivity contribution in [3.05, 3.63) is 48.3 Å². The first kappa shape index (κ1) is 18.6. The van der Waals surface area contributed by atoms with Crippen molar-refractivity contribution in [2.24, 2.45) is 5.41 Å². The highest BCUT2D eigenvalue weighted by atomic mass is 15.2. The maximum Gasteiger partial charge on any atom is 0.131 e. The van der Waals surface area contributed by atoms with Crippen LogP contribution in [0.15, 0.2) is 42.7 Å². The summed E-state index contributed by atoms with van der Waals surface area (Å²) in [5, 5.41) is 6.98. The smallest absolute Gasteiger partial charge is 0.131 e. The van der Waals surface area contributed by atoms with Crippen LogP contribution >= 0.6 is 0 Å². The van der Waals surface area contributed by atoms with Gasteiger partial charge >= 0.3 is 0 Å². The van der Waals surface area contributed by atoms with Crippen molar-refractivity contribution in [3.63, 3.8) is 0 Å². The average Bonchev–Trinajstić information content (AvgIpc) is 3.02. The number of hydrogen-bond donors (Lipinski definition) is 2. The molecule has 1 aromatic carbocycles. The van der Waals surface area contributed by atoms with Crippen molar-refractivity contribution in [2.45, 2.75) is 46.2 Å². The second-order valence-electron chi connectivity index (χ2n) is 8.38. The van der Waals surface area contributed by atoms with Gasteiger partial charge in [-0.15, -0.1) is 0 Å². The van der Waals surface area contributed by atoms with Crippen molar-refractivity contribution in [3.8, 4) is 0 Å². The Kier molecular flexibility index (Phi) is 6.09. The minimum atomic E-state index is 0.327. The van der Waals surface area contributed by atoms with E-state index in [0.717, 1.165) is 50.7 Å². The molecule has 1 aliphatic heterocycles. The van der Waals surface area contributed by atoms with Gasteiger partial charge < -0.3 is 10.6 Å². The van der Waals surface area contributed by atoms with Crippen LogP contribution in [-0.4, -0.2) is 40.5 Å². The van der Waals surface area contributed by atoms with Crippen LogP contribution in [0.25, 0.3) is 0 Å². The Morgan fingerprint density at radius 3 is 2.65 bits per heavy atom. The Morgan fingerprint density at radius 1 is 1.12 bits per heavy atom. The number of nitrogens with one attached hydrogen (secondary N) is 2. The van der Waals surface area contributed by atoms with Gasteiger partial charge in [-0.3, -0.25) is 4.90 Å². The van der Waals surface area contributed by atoms with E-state index in [-0.39, 0.29) is 0 Å². The van der Waals surface area contributed by atoms with Crippen LogP contribution in [-0.2, 0) is 6.54 Å². The van der Waals surface area contributed by atoms with Crippen LogP contribution in [0.1, 0.15) is 39.2 Å². The number of benzene rings is 1. The van der Waals surface area contributed by atoms with Gasteiger partial charge in [0.25, 0.3) is 0 Å². The Bertz CT molecular complexity index is 680. The molecular weight excluding hydrogens is 322 g/mol. The summed E-state index contributed by atoms with van der Waals surface area (Å²) in [7, 11) is 0. The summed E-state index contributed by atoms with van der Waals surface area (Å²) in [6.45, 7) is 10.9. The first-order valence-corrected chi connectivity index (χ1v) is 9.57. The maximum absolute atomic E-state index is 4.39. The van der Waals surface area contributed by atoms with Gasteiger partial charge in [-0.25, -0.2) is 9.97 Å². The first-order chi connectivity index (χ1) is 12.5. The Hall–Kier alpha value is -2.14. The summed E-state index contributed by atoms with van der Waals surface area (Å²) in [6.07, 6.45) is 3.89. The van der Waals surface area contributed by atoms with Gasteiger partial charge in [-0.05, 0) is 23.8 Å². The zero-order valence-electron chi connectivity index (χ0n) is 16.2. The summed E-state index contributed by atoms with van der Waals surface area (Å²) in [5.74, 6) is 1.80. The molecule has 26 heavy (non-hydrogen) atoms. The summed E-state index contributed by atoms with van der Waals surface area (Å²) < 4.78 is 0. The second-order valence-corrected chi connectivity index (χ2v) is 8.38. The lowest BCUT2D eigenvalue weighted by atomic mass is 9.92. The normalized spacial score (nSPS) is 18.0. The van der Waals surface area contributed by atoms with Gasteiger partial charge in [0.1, 0.15) is 18.0 Å². The molecule has 1 atom stereocenters. The van der Waals surface area contributed by atoms with Crippen LogP contribution in [0, 0.1) is 5.41 Å². The molecule has 0 saturated carbocycles. The van der Waals surface area contributed by atoms with Crippen LogP contribution in [0.4, 0.5) is 11.6 Å². The molecule has 0 spiro atoms. The lowest BCUT2D eigenvalue weighted by Gasteiger charge is -2.19. The molecule has 1 unspecified atom stereocenters. The minimum absolute atomic E-state index is 0.327. The summed E-state index contributed by atoms with van der Waals surface area (Å²) in [4.78, 5) is 11.2. The molecule has 5 heteroatoms. The molecule has 2 heterocycles. The number of likely N-dealkylation sites (tertiary alicyclic amines) is 1. The highest BCUT2D eigenvalue weighted by molar-refractivity contribution is 5.47. The number of hydrogen-bond acceptors (Lipinski definition) is 5. The van der Waals surface area contributed by atoms with E-state index in [1.54, 1.807) is 6.33 Å². The van der Waals surface area contributed by atoms with Crippen molar-refractivity contribution >= 4 is 11.6 Å². The fourth-order valence-corrected chi connectivity index (χ4v) is 3.24. The van der Waals surface area contributed by atoms with E-state index in [9.17, 15) is 0 Å². The third kappa shape index (κ3) is 5.99. The van der Waals surface area contributed by atoms with Crippen LogP contribution < -0.4 is 10.6 Å². The van der Waals surface area contributed by atoms with Crippen molar-refractivity contribution in [1.29, 1.82) is 0 Å². The largest absolute Gasteiger partial charge is 0.370 e. The van der Waals surface area contributed by atoms with E-state index in [0.29, 0.717) is 11.5 Å². The van der Waals surface area contributed by atoms with E-state index in [2.05, 4.69) is 76.6 Å². The quantitative estimate of drug-likeness (QED) is 0.788. The first-order valence-electron chi connectivity index (χ1n) is 9.57. The van der Waals surface area contributed by atoms with Crippen LogP contribution in [0.5, 0.6) is 0 Å². The molecule has 1 fully saturated rings. The molecule has 140 valence electrons. The van der Waals surface area contributed by atoms with Gasteiger partial charge in [-0.2, -0.15) is 0 Å². The molecule has 1 aliphatic rings. The standard InChI is InChI=1S/C21H31N5/c1-21(2,3)10-11-22-19-13-20(24-16-23-19)25-18-9-12-26(15-18)14-17-7-5-4-6-8-17/h4-8,13,16,18H,9-12,14-15H2,1-3H3,(H2,22,23,24,25). The summed E-state index contributed by atoms with van der Waals surface area (Å²) in [6, 6.07) is 13.1. The third-order valence-corrected chi connectivity index (χ3v) is 4.72. The minimum Gasteiger partial charge on any atom is -0.370 e. The molecule has 0 radical (unpaired) electrons. The van der Waals surface area contributed by atoms with Gasteiger partial charge in [0, 0.05) is 38.3 Å². The molecule has 0 amide bonds. The summed E-state index contributed by atoms with van der Waals surface area (Å²) in [5.41, 5.74) is 1.70. The molecule has 3 rings (SSSR count). The maximum atomic E-state index is 4.39. The number of aromatic nitrogens is 2. The van der Waals surface area contributed by atoms with Crippen molar-refractivity contribution in [2.75, 3.05) is 30.3 Å². The molecule has 1 aromatic heterocycles. The molecule has 0 aliphatic carbocycles. The third-order valence-electron chi connectivity index (χ3n) is 4.72. The average molecular weight is 354 g/mol. The van der Waals surface area contributed by atoms with Crippen LogP contribution in [0.3, 0.4) is 0 Å². The monoisotopic (exact) mass is 353 g/mol. The fraction of sp³-hybridized carbons (Fsp3) is 0.524. The molecule has 5 nitrogen and oxygen atoms in total. The molecule has 2 N–H and O–H groups in total. The highest BCUT2D eigenvalue weighted by Crippen LogP contribution is 2.20. The van der Waals surface area contributed by atoms with E-state index in [1.165, 1.54) is 5.56 Å². The zero-order valence-corrected chi connectivity index (χ0v) is 16.2. The SMILES string of the molecule is CC(C)(C)CCNc1cc(NC2CCN(Cc3ccccc3)C2)ncn1. The molecule has 2 aromatic rings. The number of nitrogens with zero attached hydrogens (tertiary/aromatic N) is 3. The van der Waals surface area contributed by atoms with E-state index in [4.69, 9.17) is 0 Å². The van der Waals surface area contributed by atoms with Gasteiger partial charge in [0.2, 0.25) is 0 Å². The molecule has 1 saturated heterocycles. The Balaban J connectivity index is 1.48. The second kappa shape index (κ2) is 8.49. The Morgan fingerprint density at radius 2 is 1.88 bits per heavy atom. The van der Waals surface area contributed by atoms with E-state index in [1.807, 2.05) is 6.07 Å². The van der Waals surface area contributed by atoms with Crippen molar-refractivity contribution < 1.29 is 0 Å². The van der Waals surface area contributed by atoms with E-state index < -0.39 is 0 Å². The Labute approximate surface area is 157 Å². The number of rotatable bonds is 7. The molecule has 0 bridgehead atoms. The lowest BCUT2D eigenvalue weighted by molar-refractivity contribution is 0.328. The predicted molar refractivity (Wildman–Crippen MR) is 108 cm³/mol. The lowest BCUT2D eigenvalue weighted by Crippen LogP contribution is -2.26. The van der Waals surface area contributed by atoms with Gasteiger partial charge in [0.05, 0.1) is 0 Å². The predicted octanol–water partition coefficient (Wildman–Crippen LogP) is 4.01. The van der Waals surface area contributed by atoms with Gasteiger partial charge in [-0.1, -0.05) is 51.1 Å². The summed E-state index contributed by atoms with van der Waals surface area (Å²) >= 11 is 0. The number of anilines is 2. The van der Waals surface area contributed by atoms with E-state index >= 15 is 0 Å². The van der Waals surface area contributed by atoms with Crippen LogP contribution in [0.2, 0.25) is 0 Å². The molecular formula is C21H31N5.